The maximum absolute atomic E-state index is 9.74. The molecular formula is C19H31N5O2. The lowest BCUT2D eigenvalue weighted by molar-refractivity contribution is 0.0673. The van der Waals surface area contributed by atoms with Gasteiger partial charge in [-0.15, -0.1) is 0 Å². The Morgan fingerprint density at radius 3 is 2.85 bits per heavy atom. The number of hydrogen-bond acceptors (Lipinski definition) is 7. The van der Waals surface area contributed by atoms with Crippen LogP contribution in [0.4, 0.5) is 0 Å². The second kappa shape index (κ2) is 7.68. The van der Waals surface area contributed by atoms with E-state index in [2.05, 4.69) is 52.1 Å². The number of ether oxygens (including phenoxy) is 1. The van der Waals surface area contributed by atoms with Crippen LogP contribution in [-0.2, 0) is 4.74 Å². The number of piperidine rings is 1. The Balaban J connectivity index is 1.44. The van der Waals surface area contributed by atoms with Crippen LogP contribution in [0.2, 0.25) is 0 Å². The molecule has 0 aromatic heterocycles. The number of fused-ring (bicyclic) bond motifs is 1. The average molecular weight is 361 g/mol. The number of aliphatic hydroxyl groups excluding tert-OH is 1. The van der Waals surface area contributed by atoms with Gasteiger partial charge in [0, 0.05) is 31.5 Å². The second-order valence-corrected chi connectivity index (χ2v) is 8.04. The van der Waals surface area contributed by atoms with Crippen LogP contribution in [0.1, 0.15) is 39.5 Å². The van der Waals surface area contributed by atoms with Gasteiger partial charge in [-0.05, 0) is 45.3 Å². The highest BCUT2D eigenvalue weighted by atomic mass is 16.5. The minimum absolute atomic E-state index is 0.151. The number of rotatable bonds is 4. The first-order valence-electron chi connectivity index (χ1n) is 9.89. The fourth-order valence-electron chi connectivity index (χ4n) is 4.40. The third kappa shape index (κ3) is 3.81. The van der Waals surface area contributed by atoms with Crippen molar-refractivity contribution in [1.29, 1.82) is 0 Å². The van der Waals surface area contributed by atoms with Crippen LogP contribution in [-0.4, -0.2) is 59.9 Å². The summed E-state index contributed by atoms with van der Waals surface area (Å²) in [4.78, 5) is 7.02. The van der Waals surface area contributed by atoms with Crippen molar-refractivity contribution in [2.24, 2.45) is 10.9 Å². The van der Waals surface area contributed by atoms with Crippen LogP contribution >= 0.6 is 0 Å². The second-order valence-electron chi connectivity index (χ2n) is 8.04. The fourth-order valence-corrected chi connectivity index (χ4v) is 4.40. The van der Waals surface area contributed by atoms with Gasteiger partial charge in [-0.25, -0.2) is 10.4 Å². The first kappa shape index (κ1) is 18.0. The molecule has 3 aliphatic heterocycles. The molecule has 0 radical (unpaired) electrons. The van der Waals surface area contributed by atoms with Crippen molar-refractivity contribution in [2.75, 3.05) is 13.1 Å². The van der Waals surface area contributed by atoms with Gasteiger partial charge in [0.15, 0.2) is 0 Å². The maximum atomic E-state index is 9.74. The van der Waals surface area contributed by atoms with E-state index < -0.39 is 0 Å². The molecule has 0 bridgehead atoms. The number of aliphatic hydroxyl groups is 1. The average Bonchev–Trinajstić information content (AvgIpc) is 3.05. The van der Waals surface area contributed by atoms with Gasteiger partial charge in [0.25, 0.3) is 0 Å². The van der Waals surface area contributed by atoms with Crippen LogP contribution in [0.5, 0.6) is 0 Å². The number of hydrazine groups is 1. The minimum atomic E-state index is -0.151. The third-order valence-electron chi connectivity index (χ3n) is 5.79. The predicted molar refractivity (Wildman–Crippen MR) is 101 cm³/mol. The van der Waals surface area contributed by atoms with Gasteiger partial charge < -0.3 is 15.2 Å². The first-order valence-corrected chi connectivity index (χ1v) is 9.89. The van der Waals surface area contributed by atoms with Gasteiger partial charge in [-0.2, -0.15) is 0 Å². The fraction of sp³-hybridized carbons (Fsp3) is 0.737. The zero-order valence-corrected chi connectivity index (χ0v) is 15.7. The number of hydrogen-bond donors (Lipinski definition) is 4. The Kier molecular flexibility index (Phi) is 5.31. The molecule has 7 heteroatoms. The van der Waals surface area contributed by atoms with Crippen molar-refractivity contribution in [1.82, 2.24) is 21.1 Å². The number of allylic oxidation sites excluding steroid dienone is 1. The molecular weight excluding hydrogens is 330 g/mol. The number of aliphatic imine (C=N–C) groups is 1. The van der Waals surface area contributed by atoms with Gasteiger partial charge in [0.1, 0.15) is 6.17 Å². The standard InChI is InChI=1S/C19H31N5O2/c1-12(2)26-14-3-4-16-15(9-14)19(23-22-16)17-10-18(21-11-20-17)24-7-5-13(25)6-8-24/h3,10-13,15-16,18-19,22-23,25H,4-9H2,1-2H3,(H,20,21)/t15-,16+,18?,19+/m0/s1. The lowest BCUT2D eigenvalue weighted by atomic mass is 9.83. The number of nitrogens with zero attached hydrogens (tertiary/aromatic N) is 2. The van der Waals surface area contributed by atoms with Crippen molar-refractivity contribution in [3.63, 3.8) is 0 Å². The maximum Gasteiger partial charge on any atom is 0.101 e. The molecule has 0 amide bonds. The van der Waals surface area contributed by atoms with Crippen molar-refractivity contribution >= 4 is 6.34 Å². The third-order valence-corrected chi connectivity index (χ3v) is 5.79. The Morgan fingerprint density at radius 1 is 1.27 bits per heavy atom. The summed E-state index contributed by atoms with van der Waals surface area (Å²) in [6.45, 7) is 5.98. The van der Waals surface area contributed by atoms with Crippen LogP contribution < -0.4 is 16.2 Å². The van der Waals surface area contributed by atoms with E-state index in [4.69, 9.17) is 4.74 Å². The first-order chi connectivity index (χ1) is 12.6. The quantitative estimate of drug-likeness (QED) is 0.594. The summed E-state index contributed by atoms with van der Waals surface area (Å²) in [6, 6.07) is 0.616. The van der Waals surface area contributed by atoms with Crippen LogP contribution in [0.15, 0.2) is 28.6 Å². The van der Waals surface area contributed by atoms with Gasteiger partial charge in [-0.3, -0.25) is 10.3 Å². The monoisotopic (exact) mass is 361 g/mol. The largest absolute Gasteiger partial charge is 0.496 e. The van der Waals surface area contributed by atoms with E-state index in [1.54, 1.807) is 0 Å². The summed E-state index contributed by atoms with van der Waals surface area (Å²) in [6.07, 6.45) is 10.1. The van der Waals surface area contributed by atoms with Gasteiger partial charge >= 0.3 is 0 Å². The molecule has 4 rings (SSSR count). The molecule has 0 aromatic carbocycles. The molecule has 4 atom stereocenters. The molecule has 1 unspecified atom stereocenters. The van der Waals surface area contributed by atoms with E-state index in [1.807, 2.05) is 6.34 Å². The summed E-state index contributed by atoms with van der Waals surface area (Å²) in [5.74, 6) is 1.55. The topological polar surface area (TPSA) is 81.2 Å². The van der Waals surface area contributed by atoms with Crippen LogP contribution in [0.25, 0.3) is 0 Å². The molecule has 144 valence electrons. The van der Waals surface area contributed by atoms with Crippen molar-refractivity contribution in [3.8, 4) is 0 Å². The van der Waals surface area contributed by atoms with Crippen molar-refractivity contribution in [3.05, 3.63) is 23.6 Å². The molecule has 2 fully saturated rings. The predicted octanol–water partition coefficient (Wildman–Crippen LogP) is 0.849. The van der Waals surface area contributed by atoms with E-state index in [1.165, 1.54) is 0 Å². The number of nitrogens with one attached hydrogen (secondary N) is 3. The van der Waals surface area contributed by atoms with Crippen LogP contribution in [0, 0.1) is 5.92 Å². The molecule has 1 aliphatic carbocycles. The van der Waals surface area contributed by atoms with Crippen LogP contribution in [0.3, 0.4) is 0 Å². The van der Waals surface area contributed by atoms with Gasteiger partial charge in [-0.1, -0.05) is 0 Å². The summed E-state index contributed by atoms with van der Waals surface area (Å²) in [7, 11) is 0. The lowest BCUT2D eigenvalue weighted by Gasteiger charge is -2.36. The lowest BCUT2D eigenvalue weighted by Crippen LogP contribution is -2.50. The van der Waals surface area contributed by atoms with Crippen molar-refractivity contribution < 1.29 is 9.84 Å². The molecule has 0 spiro atoms. The molecule has 3 heterocycles. The van der Waals surface area contributed by atoms with E-state index in [0.29, 0.717) is 12.0 Å². The highest BCUT2D eigenvalue weighted by Gasteiger charge is 2.41. The van der Waals surface area contributed by atoms with E-state index in [-0.39, 0.29) is 24.4 Å². The molecule has 0 saturated carbocycles. The zero-order valence-electron chi connectivity index (χ0n) is 15.7. The van der Waals surface area contributed by atoms with E-state index >= 15 is 0 Å². The molecule has 4 aliphatic rings. The zero-order chi connectivity index (χ0) is 18.1. The Bertz CT molecular complexity index is 595. The summed E-state index contributed by atoms with van der Waals surface area (Å²) >= 11 is 0. The Labute approximate surface area is 155 Å². The normalized spacial score (nSPS) is 35.7. The highest BCUT2D eigenvalue weighted by Crippen LogP contribution is 2.34. The van der Waals surface area contributed by atoms with Gasteiger partial charge in [0.2, 0.25) is 0 Å². The Hall–Kier alpha value is -1.41. The molecule has 2 saturated heterocycles. The van der Waals surface area contributed by atoms with Crippen molar-refractivity contribution in [2.45, 2.75) is 70.0 Å². The smallest absolute Gasteiger partial charge is 0.101 e. The SMILES string of the molecule is CC(C)OC1=CC[C@H]2NN[C@@H](C3=CC(N4CCC(O)CC4)NC=N3)[C@H]2C1. The highest BCUT2D eigenvalue weighted by molar-refractivity contribution is 5.59. The molecule has 0 aromatic rings. The summed E-state index contributed by atoms with van der Waals surface area (Å²) in [5, 5.41) is 13.1. The molecule has 4 N–H and O–H groups in total. The molecule has 26 heavy (non-hydrogen) atoms. The Morgan fingerprint density at radius 2 is 2.08 bits per heavy atom. The van der Waals surface area contributed by atoms with Gasteiger partial charge in [0.05, 0.1) is 36.0 Å². The van der Waals surface area contributed by atoms with E-state index in [9.17, 15) is 5.11 Å². The van der Waals surface area contributed by atoms with E-state index in [0.717, 1.165) is 50.2 Å². The summed E-state index contributed by atoms with van der Waals surface area (Å²) in [5.41, 5.74) is 8.00. The minimum Gasteiger partial charge on any atom is -0.496 e. The molecule has 7 nitrogen and oxygen atoms in total. The summed E-state index contributed by atoms with van der Waals surface area (Å²) < 4.78 is 5.96. The number of likely N-dealkylation sites (tertiary alicyclic amines) is 1.